The minimum Gasteiger partial charge on any atom is -0.481 e. The van der Waals surface area contributed by atoms with Crippen LogP contribution in [0.3, 0.4) is 0 Å². The summed E-state index contributed by atoms with van der Waals surface area (Å²) in [7, 11) is 3.26. The van der Waals surface area contributed by atoms with Crippen molar-refractivity contribution in [1.29, 1.82) is 0 Å². The van der Waals surface area contributed by atoms with E-state index in [1.165, 1.54) is 24.2 Å². The van der Waals surface area contributed by atoms with E-state index in [1.54, 1.807) is 13.1 Å². The van der Waals surface area contributed by atoms with Gasteiger partial charge in [0.25, 0.3) is 0 Å². The van der Waals surface area contributed by atoms with Crippen LogP contribution in [0.2, 0.25) is 0 Å². The summed E-state index contributed by atoms with van der Waals surface area (Å²) in [6, 6.07) is 1.66. The minimum absolute atomic E-state index is 0.136. The number of anilines is 2. The average molecular weight is 249 g/mol. The summed E-state index contributed by atoms with van der Waals surface area (Å²) in [6.45, 7) is 0. The van der Waals surface area contributed by atoms with E-state index >= 15 is 0 Å². The van der Waals surface area contributed by atoms with E-state index in [1.807, 2.05) is 0 Å². The number of methoxy groups -OCH3 is 1. The number of nitrogens with zero attached hydrogens (tertiary/aromatic N) is 4. The molecule has 0 unspecified atom stereocenters. The van der Waals surface area contributed by atoms with Crippen LogP contribution in [0.15, 0.2) is 18.5 Å². The number of rotatable bonds is 4. The molecule has 0 amide bonds. The number of carboxylic acids is 1. The molecule has 0 aliphatic carbocycles. The van der Waals surface area contributed by atoms with Gasteiger partial charge in [-0.2, -0.15) is 5.10 Å². The Balaban J connectivity index is 2.22. The van der Waals surface area contributed by atoms with Gasteiger partial charge in [0.15, 0.2) is 17.3 Å². The summed E-state index contributed by atoms with van der Waals surface area (Å²) < 4.78 is 6.59. The molecule has 0 spiro atoms. The highest BCUT2D eigenvalue weighted by Crippen LogP contribution is 2.18. The van der Waals surface area contributed by atoms with Gasteiger partial charge in [-0.3, -0.25) is 4.98 Å². The van der Waals surface area contributed by atoms with Crippen molar-refractivity contribution in [3.8, 4) is 5.88 Å². The van der Waals surface area contributed by atoms with Crippen LogP contribution in [0.4, 0.5) is 11.6 Å². The van der Waals surface area contributed by atoms with Crippen LogP contribution in [0.25, 0.3) is 0 Å². The first-order valence-electron chi connectivity index (χ1n) is 5.00. The summed E-state index contributed by atoms with van der Waals surface area (Å²) in [6.07, 6.45) is 2.58. The zero-order valence-electron chi connectivity index (χ0n) is 9.78. The molecule has 0 atom stereocenters. The first-order chi connectivity index (χ1) is 8.60. The van der Waals surface area contributed by atoms with Gasteiger partial charge in [0.1, 0.15) is 0 Å². The lowest BCUT2D eigenvalue weighted by molar-refractivity contribution is 0.0690. The fourth-order valence-corrected chi connectivity index (χ4v) is 1.36. The predicted molar refractivity (Wildman–Crippen MR) is 62.0 cm³/mol. The van der Waals surface area contributed by atoms with Gasteiger partial charge in [0.2, 0.25) is 5.88 Å². The Bertz CT molecular complexity index is 581. The van der Waals surface area contributed by atoms with Crippen molar-refractivity contribution in [3.63, 3.8) is 0 Å². The monoisotopic (exact) mass is 249 g/mol. The molecule has 0 bridgehead atoms. The second kappa shape index (κ2) is 4.70. The number of hydrogen-bond acceptors (Lipinski definition) is 6. The van der Waals surface area contributed by atoms with Gasteiger partial charge in [-0.05, 0) is 0 Å². The maximum Gasteiger partial charge on any atom is 0.356 e. The van der Waals surface area contributed by atoms with Gasteiger partial charge in [-0.25, -0.2) is 14.5 Å². The molecular formula is C10H11N5O3. The molecule has 18 heavy (non-hydrogen) atoms. The van der Waals surface area contributed by atoms with Crippen LogP contribution in [0.5, 0.6) is 5.88 Å². The lowest BCUT2D eigenvalue weighted by atomic mass is 10.4. The fraction of sp³-hybridized carbons (Fsp3) is 0.200. The van der Waals surface area contributed by atoms with Crippen molar-refractivity contribution >= 4 is 17.6 Å². The molecule has 2 heterocycles. The number of carboxylic acid groups (broad SMARTS) is 1. The normalized spacial score (nSPS) is 10.1. The maximum atomic E-state index is 10.7. The van der Waals surface area contributed by atoms with E-state index in [-0.39, 0.29) is 5.69 Å². The molecule has 2 aromatic rings. The van der Waals surface area contributed by atoms with Crippen LogP contribution < -0.4 is 10.1 Å². The Kier molecular flexibility index (Phi) is 3.09. The molecule has 0 aliphatic heterocycles. The Morgan fingerprint density at radius 2 is 2.22 bits per heavy atom. The van der Waals surface area contributed by atoms with E-state index in [9.17, 15) is 4.79 Å². The molecule has 0 aliphatic rings. The number of nitrogens with one attached hydrogen (secondary N) is 1. The Labute approximate surface area is 102 Å². The van der Waals surface area contributed by atoms with E-state index < -0.39 is 5.97 Å². The minimum atomic E-state index is -1.13. The molecule has 8 nitrogen and oxygen atoms in total. The molecule has 0 aromatic carbocycles. The number of carbonyl (C=O) groups is 1. The third kappa shape index (κ3) is 2.37. The molecule has 2 aromatic heterocycles. The van der Waals surface area contributed by atoms with E-state index in [0.717, 1.165) is 0 Å². The number of aromatic carboxylic acids is 1. The summed E-state index contributed by atoms with van der Waals surface area (Å²) in [5.41, 5.74) is -0.136. The predicted octanol–water partition coefficient (Wildman–Crippen LogP) is 0.660. The van der Waals surface area contributed by atoms with Crippen molar-refractivity contribution in [2.45, 2.75) is 0 Å². The Hall–Kier alpha value is -2.64. The fourth-order valence-electron chi connectivity index (χ4n) is 1.36. The Morgan fingerprint density at radius 3 is 2.83 bits per heavy atom. The highest BCUT2D eigenvalue weighted by atomic mass is 16.5. The quantitative estimate of drug-likeness (QED) is 0.820. The topological polar surface area (TPSA) is 102 Å². The van der Waals surface area contributed by atoms with E-state index in [0.29, 0.717) is 17.5 Å². The molecular weight excluding hydrogens is 238 g/mol. The number of aryl methyl sites for hydroxylation is 1. The maximum absolute atomic E-state index is 10.7. The SMILES string of the molecule is COc1cc(Nc2cncc(C(=O)O)n2)nn1C. The van der Waals surface area contributed by atoms with Gasteiger partial charge < -0.3 is 15.2 Å². The standard InChI is InChI=1S/C10H11N5O3/c1-15-9(18-2)3-7(14-15)13-8-5-11-4-6(12-8)10(16)17/h3-5H,1-2H3,(H,16,17)(H,12,13,14). The summed E-state index contributed by atoms with van der Waals surface area (Å²) >= 11 is 0. The van der Waals surface area contributed by atoms with Crippen molar-refractivity contribution in [2.24, 2.45) is 7.05 Å². The van der Waals surface area contributed by atoms with Gasteiger partial charge in [-0.15, -0.1) is 0 Å². The van der Waals surface area contributed by atoms with E-state index in [2.05, 4.69) is 20.4 Å². The lowest BCUT2D eigenvalue weighted by Gasteiger charge is -2.01. The second-order valence-corrected chi connectivity index (χ2v) is 3.42. The molecule has 0 saturated carbocycles. The van der Waals surface area contributed by atoms with Gasteiger partial charge in [0.05, 0.1) is 19.5 Å². The Morgan fingerprint density at radius 1 is 1.44 bits per heavy atom. The molecule has 8 heteroatoms. The first kappa shape index (κ1) is 11.8. The first-order valence-corrected chi connectivity index (χ1v) is 5.00. The molecule has 0 radical (unpaired) electrons. The van der Waals surface area contributed by atoms with Gasteiger partial charge in [-0.1, -0.05) is 0 Å². The summed E-state index contributed by atoms with van der Waals surface area (Å²) in [5, 5.41) is 15.8. The zero-order chi connectivity index (χ0) is 13.1. The molecule has 2 N–H and O–H groups in total. The van der Waals surface area contributed by atoms with Crippen molar-refractivity contribution in [1.82, 2.24) is 19.7 Å². The van der Waals surface area contributed by atoms with E-state index in [4.69, 9.17) is 9.84 Å². The molecule has 0 saturated heterocycles. The zero-order valence-corrected chi connectivity index (χ0v) is 9.78. The van der Waals surface area contributed by atoms with Crippen LogP contribution in [0, 0.1) is 0 Å². The average Bonchev–Trinajstić information content (AvgIpc) is 2.69. The molecule has 94 valence electrons. The highest BCUT2D eigenvalue weighted by molar-refractivity contribution is 5.85. The lowest BCUT2D eigenvalue weighted by Crippen LogP contribution is -2.04. The molecule has 0 fully saturated rings. The summed E-state index contributed by atoms with van der Waals surface area (Å²) in [5.74, 6) is 0.228. The highest BCUT2D eigenvalue weighted by Gasteiger charge is 2.09. The number of ether oxygens (including phenoxy) is 1. The third-order valence-electron chi connectivity index (χ3n) is 2.16. The number of hydrogen-bond donors (Lipinski definition) is 2. The smallest absolute Gasteiger partial charge is 0.356 e. The largest absolute Gasteiger partial charge is 0.481 e. The van der Waals surface area contributed by atoms with Crippen LogP contribution in [0.1, 0.15) is 10.5 Å². The van der Waals surface area contributed by atoms with Crippen LogP contribution >= 0.6 is 0 Å². The van der Waals surface area contributed by atoms with Crippen molar-refractivity contribution in [3.05, 3.63) is 24.2 Å². The van der Waals surface area contributed by atoms with Crippen LogP contribution in [-0.2, 0) is 7.05 Å². The third-order valence-corrected chi connectivity index (χ3v) is 2.16. The summed E-state index contributed by atoms with van der Waals surface area (Å²) in [4.78, 5) is 18.4. The molecule has 2 rings (SSSR count). The van der Waals surface area contributed by atoms with Crippen molar-refractivity contribution in [2.75, 3.05) is 12.4 Å². The van der Waals surface area contributed by atoms with Gasteiger partial charge >= 0.3 is 5.97 Å². The van der Waals surface area contributed by atoms with Gasteiger partial charge in [0, 0.05) is 13.1 Å². The second-order valence-electron chi connectivity index (χ2n) is 3.42. The number of aromatic nitrogens is 4. The van der Waals surface area contributed by atoms with Crippen LogP contribution in [-0.4, -0.2) is 37.9 Å². The van der Waals surface area contributed by atoms with Crippen molar-refractivity contribution < 1.29 is 14.6 Å².